The molecule has 0 radical (unpaired) electrons. The van der Waals surface area contributed by atoms with Crippen LogP contribution in [0, 0.1) is 0 Å². The first kappa shape index (κ1) is 20.2. The summed E-state index contributed by atoms with van der Waals surface area (Å²) in [5, 5.41) is 71.0. The zero-order chi connectivity index (χ0) is 18.7. The van der Waals surface area contributed by atoms with E-state index in [1.54, 1.807) is 0 Å². The molecule has 2 aliphatic rings. The molecule has 2 fully saturated rings. The highest BCUT2D eigenvalue weighted by atomic mass is 16.8. The van der Waals surface area contributed by atoms with Gasteiger partial charge in [-0.15, -0.1) is 0 Å². The number of hydrogen-bond acceptors (Lipinski definition) is 11. The van der Waals surface area contributed by atoms with E-state index in [-0.39, 0.29) is 0 Å². The fourth-order valence-corrected chi connectivity index (χ4v) is 2.69. The predicted molar refractivity (Wildman–Crippen MR) is 75.5 cm³/mol. The molecule has 0 aromatic rings. The van der Waals surface area contributed by atoms with Crippen LogP contribution in [0.3, 0.4) is 0 Å². The molecule has 0 aliphatic carbocycles. The molecule has 5 unspecified atom stereocenters. The van der Waals surface area contributed by atoms with Crippen molar-refractivity contribution in [2.45, 2.75) is 61.3 Å². The number of aliphatic hydroxyl groups is 7. The smallest absolute Gasteiger partial charge is 0.189 e. The second-order valence-electron chi connectivity index (χ2n) is 5.74. The van der Waals surface area contributed by atoms with Gasteiger partial charge < -0.3 is 50.0 Å². The van der Waals surface area contributed by atoms with Gasteiger partial charge in [0, 0.05) is 4.91 Å². The predicted octanol–water partition coefficient (Wildman–Crippen LogP) is -4.08. The minimum atomic E-state index is -1.74. The van der Waals surface area contributed by atoms with Crippen LogP contribution < -0.4 is 0 Å². The Morgan fingerprint density at radius 2 is 1.32 bits per heavy atom. The quantitative estimate of drug-likeness (QED) is 0.141. The van der Waals surface area contributed by atoms with E-state index in [0.717, 1.165) is 0 Å². The molecule has 2 aliphatic heterocycles. The van der Waals surface area contributed by atoms with Crippen LogP contribution in [0.15, 0.2) is 5.11 Å². The van der Waals surface area contributed by atoms with Crippen molar-refractivity contribution in [2.24, 2.45) is 5.11 Å². The van der Waals surface area contributed by atoms with Crippen LogP contribution in [-0.2, 0) is 14.2 Å². The lowest BCUT2D eigenvalue weighted by Gasteiger charge is -2.44. The van der Waals surface area contributed by atoms with E-state index in [1.165, 1.54) is 0 Å². The molecular formula is C12H21N3O10. The highest BCUT2D eigenvalue weighted by molar-refractivity contribution is 4.95. The lowest BCUT2D eigenvalue weighted by Crippen LogP contribution is -2.63. The molecule has 13 nitrogen and oxygen atoms in total. The highest BCUT2D eigenvalue weighted by Gasteiger charge is 2.49. The lowest BCUT2D eigenvalue weighted by atomic mass is 9.96. The molecule has 0 spiro atoms. The lowest BCUT2D eigenvalue weighted by molar-refractivity contribution is -0.368. The van der Waals surface area contributed by atoms with E-state index in [2.05, 4.69) is 10.0 Å². The Kier molecular flexibility index (Phi) is 6.90. The maximum absolute atomic E-state index is 10.1. The Morgan fingerprint density at radius 1 is 0.800 bits per heavy atom. The van der Waals surface area contributed by atoms with Crippen molar-refractivity contribution in [3.05, 3.63) is 10.4 Å². The van der Waals surface area contributed by atoms with E-state index in [9.17, 15) is 30.6 Å². The molecule has 144 valence electrons. The third-order valence-corrected chi connectivity index (χ3v) is 4.15. The Bertz CT molecular complexity index is 490. The van der Waals surface area contributed by atoms with Crippen LogP contribution in [0.2, 0.25) is 0 Å². The van der Waals surface area contributed by atoms with Gasteiger partial charge in [-0.1, -0.05) is 5.11 Å². The summed E-state index contributed by atoms with van der Waals surface area (Å²) in [6, 6.07) is -1.41. The first-order valence-electron chi connectivity index (χ1n) is 7.48. The molecule has 0 saturated carbocycles. The summed E-state index contributed by atoms with van der Waals surface area (Å²) in [5.41, 5.74) is 8.53. The molecule has 7 N–H and O–H groups in total. The molecule has 2 rings (SSSR count). The average Bonchev–Trinajstić information content (AvgIpc) is 2.61. The topological polar surface area (TPSA) is 218 Å². The normalized spacial score (nSPS) is 48.0. The maximum Gasteiger partial charge on any atom is 0.189 e. The molecular weight excluding hydrogens is 346 g/mol. The molecule has 25 heavy (non-hydrogen) atoms. The fourth-order valence-electron chi connectivity index (χ4n) is 2.69. The summed E-state index contributed by atoms with van der Waals surface area (Å²) in [7, 11) is 0. The third kappa shape index (κ3) is 4.02. The van der Waals surface area contributed by atoms with Crippen molar-refractivity contribution in [3.8, 4) is 0 Å². The number of hydrogen-bond donors (Lipinski definition) is 7. The van der Waals surface area contributed by atoms with Crippen LogP contribution in [0.25, 0.3) is 10.4 Å². The number of ether oxygens (including phenoxy) is 3. The van der Waals surface area contributed by atoms with Gasteiger partial charge in [-0.3, -0.25) is 0 Å². The van der Waals surface area contributed by atoms with Crippen LogP contribution in [0.1, 0.15) is 0 Å². The van der Waals surface area contributed by atoms with Crippen LogP contribution >= 0.6 is 0 Å². The van der Waals surface area contributed by atoms with Gasteiger partial charge >= 0.3 is 0 Å². The summed E-state index contributed by atoms with van der Waals surface area (Å²) >= 11 is 0. The van der Waals surface area contributed by atoms with Gasteiger partial charge in [0.2, 0.25) is 0 Å². The van der Waals surface area contributed by atoms with E-state index in [4.69, 9.17) is 24.8 Å². The largest absolute Gasteiger partial charge is 0.394 e. The van der Waals surface area contributed by atoms with Gasteiger partial charge in [0.05, 0.1) is 25.4 Å². The Labute approximate surface area is 141 Å². The van der Waals surface area contributed by atoms with Gasteiger partial charge in [0.25, 0.3) is 0 Å². The van der Waals surface area contributed by atoms with Crippen molar-refractivity contribution in [2.75, 3.05) is 13.2 Å². The molecule has 2 heterocycles. The monoisotopic (exact) mass is 367 g/mol. The van der Waals surface area contributed by atoms with Gasteiger partial charge in [-0.2, -0.15) is 0 Å². The zero-order valence-electron chi connectivity index (χ0n) is 12.9. The van der Waals surface area contributed by atoms with Gasteiger partial charge in [-0.25, -0.2) is 0 Å². The molecule has 0 bridgehead atoms. The van der Waals surface area contributed by atoms with Crippen molar-refractivity contribution in [3.63, 3.8) is 0 Å². The number of nitrogens with zero attached hydrogens (tertiary/aromatic N) is 3. The summed E-state index contributed by atoms with van der Waals surface area (Å²) in [6.07, 6.45) is -13.9. The summed E-state index contributed by atoms with van der Waals surface area (Å²) in [4.78, 5) is 2.50. The molecule has 0 aromatic heterocycles. The van der Waals surface area contributed by atoms with E-state index in [0.29, 0.717) is 0 Å². The number of rotatable bonds is 5. The Hall–Kier alpha value is -1.09. The number of aliphatic hydroxyl groups excluding tert-OH is 7. The van der Waals surface area contributed by atoms with E-state index < -0.39 is 74.6 Å². The van der Waals surface area contributed by atoms with Crippen LogP contribution in [0.5, 0.6) is 0 Å². The first-order valence-corrected chi connectivity index (χ1v) is 7.48. The van der Waals surface area contributed by atoms with Crippen LogP contribution in [-0.4, -0.2) is 110 Å². The second kappa shape index (κ2) is 8.53. The number of azide groups is 1. The van der Waals surface area contributed by atoms with Gasteiger partial charge in [-0.05, 0) is 5.53 Å². The van der Waals surface area contributed by atoms with Crippen molar-refractivity contribution in [1.29, 1.82) is 0 Å². The fraction of sp³-hybridized carbons (Fsp3) is 1.00. The molecule has 10 atom stereocenters. The Balaban J connectivity index is 2.15. The van der Waals surface area contributed by atoms with E-state index in [1.807, 2.05) is 0 Å². The molecule has 0 amide bonds. The summed E-state index contributed by atoms with van der Waals surface area (Å²) in [5.74, 6) is 0. The Morgan fingerprint density at radius 3 is 1.84 bits per heavy atom. The SMILES string of the molecule is [N-]=[N+]=N[C@H]1[C@@H](O)[C@@H](OC2OC(CO)C(O)C(O)C2O)O[C@H](CO)[C@H]1O. The minimum Gasteiger partial charge on any atom is -0.394 e. The first-order chi connectivity index (χ1) is 11.8. The molecule has 13 heteroatoms. The second-order valence-corrected chi connectivity index (χ2v) is 5.74. The maximum atomic E-state index is 10.1. The zero-order valence-corrected chi connectivity index (χ0v) is 12.9. The molecule has 0 aromatic carbocycles. The van der Waals surface area contributed by atoms with Crippen molar-refractivity contribution >= 4 is 0 Å². The van der Waals surface area contributed by atoms with Gasteiger partial charge in [0.15, 0.2) is 12.6 Å². The standard InChI is InChI=1S/C12H21N3O10/c13-15-14-5-6(18)3(1-16)23-11(8(5)20)25-12-10(22)9(21)7(19)4(2-17)24-12/h3-12,16-22H,1-2H2/t3-,4?,5-,6-,7?,8-,9?,10?,11-,12?/m1/s1. The highest BCUT2D eigenvalue weighted by Crippen LogP contribution is 2.29. The van der Waals surface area contributed by atoms with Crippen molar-refractivity contribution < 1.29 is 50.0 Å². The van der Waals surface area contributed by atoms with Crippen LogP contribution in [0.4, 0.5) is 0 Å². The average molecular weight is 367 g/mol. The third-order valence-electron chi connectivity index (χ3n) is 4.15. The van der Waals surface area contributed by atoms with E-state index >= 15 is 0 Å². The molecule has 2 saturated heterocycles. The van der Waals surface area contributed by atoms with Crippen molar-refractivity contribution in [1.82, 2.24) is 0 Å². The minimum absolute atomic E-state index is 0.681. The summed E-state index contributed by atoms with van der Waals surface area (Å²) < 4.78 is 15.5. The van der Waals surface area contributed by atoms with Gasteiger partial charge in [0.1, 0.15) is 36.6 Å². The summed E-state index contributed by atoms with van der Waals surface area (Å²) in [6.45, 7) is -1.36.